The van der Waals surface area contributed by atoms with Gasteiger partial charge in [-0.3, -0.25) is 14.6 Å². The lowest BCUT2D eigenvalue weighted by molar-refractivity contribution is 0.0926. The fourth-order valence-corrected chi connectivity index (χ4v) is 2.50. The zero-order valence-corrected chi connectivity index (χ0v) is 11.6. The molecule has 0 N–H and O–H groups in total. The summed E-state index contributed by atoms with van der Waals surface area (Å²) >= 11 is 3.41. The maximum atomic E-state index is 12.3. The molecule has 1 aromatic heterocycles. The van der Waals surface area contributed by atoms with E-state index in [0.717, 1.165) is 10.0 Å². The van der Waals surface area contributed by atoms with Crippen molar-refractivity contribution in [2.24, 2.45) is 0 Å². The predicted octanol–water partition coefficient (Wildman–Crippen LogP) is 2.95. The van der Waals surface area contributed by atoms with E-state index in [1.54, 1.807) is 18.2 Å². The van der Waals surface area contributed by atoms with E-state index >= 15 is 0 Å². The molecule has 2 aromatic rings. The Morgan fingerprint density at radius 1 is 1.11 bits per heavy atom. The number of nitrogens with zero attached hydrogens (tertiary/aromatic N) is 2. The minimum atomic E-state index is -0.325. The molecule has 0 bridgehead atoms. The van der Waals surface area contributed by atoms with Crippen LogP contribution >= 0.6 is 15.9 Å². The number of pyridine rings is 1. The van der Waals surface area contributed by atoms with Crippen LogP contribution in [0.25, 0.3) is 0 Å². The first kappa shape index (κ1) is 12.0. The molecule has 0 fully saturated rings. The highest BCUT2D eigenvalue weighted by molar-refractivity contribution is 9.10. The first-order valence-electron chi connectivity index (χ1n) is 5.69. The van der Waals surface area contributed by atoms with Crippen LogP contribution in [0, 0.1) is 6.92 Å². The molecule has 19 heavy (non-hydrogen) atoms. The molecule has 3 rings (SSSR count). The summed E-state index contributed by atoms with van der Waals surface area (Å²) in [5, 5.41) is 0. The Hall–Kier alpha value is -2.01. The van der Waals surface area contributed by atoms with Crippen molar-refractivity contribution in [2.75, 3.05) is 4.90 Å². The lowest BCUT2D eigenvalue weighted by atomic mass is 10.2. The highest BCUT2D eigenvalue weighted by Gasteiger charge is 2.37. The van der Waals surface area contributed by atoms with Crippen molar-refractivity contribution in [3.8, 4) is 0 Å². The van der Waals surface area contributed by atoms with Crippen molar-refractivity contribution in [1.29, 1.82) is 0 Å². The molecule has 1 aromatic carbocycles. The van der Waals surface area contributed by atoms with Gasteiger partial charge >= 0.3 is 0 Å². The monoisotopic (exact) mass is 316 g/mol. The molecular weight excluding hydrogens is 308 g/mol. The summed E-state index contributed by atoms with van der Waals surface area (Å²) in [5.41, 5.74) is 2.21. The van der Waals surface area contributed by atoms with Gasteiger partial charge in [-0.05, 0) is 30.7 Å². The summed E-state index contributed by atoms with van der Waals surface area (Å²) < 4.78 is 0.861. The van der Waals surface area contributed by atoms with Gasteiger partial charge in [0.05, 0.1) is 16.8 Å². The molecule has 2 amide bonds. The number of halogens is 1. The Balaban J connectivity index is 2.17. The zero-order valence-electron chi connectivity index (χ0n) is 10.1. The van der Waals surface area contributed by atoms with Gasteiger partial charge in [0, 0.05) is 16.9 Å². The van der Waals surface area contributed by atoms with Crippen molar-refractivity contribution < 1.29 is 9.59 Å². The van der Waals surface area contributed by atoms with Crippen LogP contribution in [0.4, 0.5) is 5.69 Å². The van der Waals surface area contributed by atoms with Gasteiger partial charge in [-0.15, -0.1) is 0 Å². The van der Waals surface area contributed by atoms with Gasteiger partial charge in [0.1, 0.15) is 0 Å². The second-order valence-electron chi connectivity index (χ2n) is 4.25. The molecule has 94 valence electrons. The number of benzene rings is 1. The fourth-order valence-electron chi connectivity index (χ4n) is 2.14. The van der Waals surface area contributed by atoms with Crippen LogP contribution in [0.15, 0.2) is 41.1 Å². The number of hydrogen-bond acceptors (Lipinski definition) is 3. The molecule has 0 spiro atoms. The van der Waals surface area contributed by atoms with Crippen molar-refractivity contribution in [1.82, 2.24) is 4.98 Å². The van der Waals surface area contributed by atoms with Crippen LogP contribution in [-0.2, 0) is 0 Å². The third-order valence-corrected chi connectivity index (χ3v) is 4.03. The number of aromatic nitrogens is 1. The molecule has 4 nitrogen and oxygen atoms in total. The number of carbonyl (C=O) groups is 2. The van der Waals surface area contributed by atoms with Crippen molar-refractivity contribution >= 4 is 33.4 Å². The third-order valence-electron chi connectivity index (χ3n) is 3.17. The van der Waals surface area contributed by atoms with Crippen LogP contribution < -0.4 is 4.90 Å². The minimum absolute atomic E-state index is 0.302. The number of anilines is 1. The highest BCUT2D eigenvalue weighted by atomic mass is 79.9. The largest absolute Gasteiger partial charge is 0.268 e. The molecule has 0 unspecified atom stereocenters. The molecule has 0 aliphatic carbocycles. The molecule has 0 saturated heterocycles. The highest BCUT2D eigenvalue weighted by Crippen LogP contribution is 2.32. The summed E-state index contributed by atoms with van der Waals surface area (Å²) in [5.74, 6) is -0.627. The number of imide groups is 1. The smallest absolute Gasteiger partial charge is 0.267 e. The topological polar surface area (TPSA) is 50.3 Å². The first-order valence-corrected chi connectivity index (χ1v) is 6.48. The van der Waals surface area contributed by atoms with E-state index in [9.17, 15) is 9.59 Å². The number of rotatable bonds is 1. The number of amides is 2. The Morgan fingerprint density at radius 3 is 2.58 bits per heavy atom. The van der Waals surface area contributed by atoms with Gasteiger partial charge < -0.3 is 0 Å². The van der Waals surface area contributed by atoms with Crippen LogP contribution in [0.2, 0.25) is 0 Å². The van der Waals surface area contributed by atoms with Crippen LogP contribution in [-0.4, -0.2) is 16.8 Å². The van der Waals surface area contributed by atoms with E-state index in [-0.39, 0.29) is 11.8 Å². The average molecular weight is 317 g/mol. The van der Waals surface area contributed by atoms with Gasteiger partial charge in [0.25, 0.3) is 11.8 Å². The Labute approximate surface area is 118 Å². The van der Waals surface area contributed by atoms with Crippen LogP contribution in [0.1, 0.15) is 26.3 Å². The lowest BCUT2D eigenvalue weighted by Crippen LogP contribution is -2.30. The standard InChI is InChI=1S/C14H9BrN2O2/c1-8-11(15)3-2-4-12(8)17-13(18)9-5-6-16-7-10(9)14(17)19/h2-7H,1H3. The normalized spacial score (nSPS) is 13.9. The van der Waals surface area contributed by atoms with Gasteiger partial charge in [0.2, 0.25) is 0 Å². The van der Waals surface area contributed by atoms with E-state index in [2.05, 4.69) is 20.9 Å². The maximum absolute atomic E-state index is 12.3. The molecule has 1 aliphatic heterocycles. The summed E-state index contributed by atoms with van der Waals surface area (Å²) in [4.78, 5) is 29.8. The van der Waals surface area contributed by atoms with Crippen molar-refractivity contribution in [3.63, 3.8) is 0 Å². The summed E-state index contributed by atoms with van der Waals surface area (Å²) in [6, 6.07) is 7.00. The van der Waals surface area contributed by atoms with E-state index < -0.39 is 0 Å². The predicted molar refractivity (Wildman–Crippen MR) is 74.3 cm³/mol. The summed E-state index contributed by atoms with van der Waals surface area (Å²) in [7, 11) is 0. The molecule has 0 radical (unpaired) electrons. The van der Waals surface area contributed by atoms with Crippen LogP contribution in [0.3, 0.4) is 0 Å². The van der Waals surface area contributed by atoms with Gasteiger partial charge in [-0.1, -0.05) is 22.0 Å². The van der Waals surface area contributed by atoms with Crippen molar-refractivity contribution in [2.45, 2.75) is 6.92 Å². The second kappa shape index (κ2) is 4.28. The maximum Gasteiger partial charge on any atom is 0.267 e. The number of fused-ring (bicyclic) bond motifs is 1. The lowest BCUT2D eigenvalue weighted by Gasteiger charge is -2.17. The SMILES string of the molecule is Cc1c(Br)cccc1N1C(=O)c2ccncc2C1=O. The summed E-state index contributed by atoms with van der Waals surface area (Å²) in [6.45, 7) is 1.86. The minimum Gasteiger partial charge on any atom is -0.268 e. The molecule has 1 aliphatic rings. The van der Waals surface area contributed by atoms with Gasteiger partial charge in [-0.2, -0.15) is 0 Å². The first-order chi connectivity index (χ1) is 9.11. The average Bonchev–Trinajstić information content (AvgIpc) is 2.67. The molecule has 2 heterocycles. The summed E-state index contributed by atoms with van der Waals surface area (Å²) in [6.07, 6.45) is 2.95. The molecule has 0 atom stereocenters. The van der Waals surface area contributed by atoms with E-state index in [4.69, 9.17) is 0 Å². The zero-order chi connectivity index (χ0) is 13.6. The Kier molecular flexibility index (Phi) is 2.71. The van der Waals surface area contributed by atoms with Crippen molar-refractivity contribution in [3.05, 3.63) is 57.8 Å². The number of carbonyl (C=O) groups excluding carboxylic acids is 2. The Bertz CT molecular complexity index is 677. The van der Waals surface area contributed by atoms with Crippen LogP contribution in [0.5, 0.6) is 0 Å². The second-order valence-corrected chi connectivity index (χ2v) is 5.11. The quantitative estimate of drug-likeness (QED) is 0.760. The van der Waals surface area contributed by atoms with E-state index in [1.807, 2.05) is 13.0 Å². The molecule has 0 saturated carbocycles. The fraction of sp³-hybridized carbons (Fsp3) is 0.0714. The molecular formula is C14H9BrN2O2. The van der Waals surface area contributed by atoms with Gasteiger partial charge in [0.15, 0.2) is 0 Å². The Morgan fingerprint density at radius 2 is 1.84 bits per heavy atom. The van der Waals surface area contributed by atoms with E-state index in [1.165, 1.54) is 17.3 Å². The third kappa shape index (κ3) is 1.69. The van der Waals surface area contributed by atoms with Gasteiger partial charge in [-0.25, -0.2) is 4.90 Å². The van der Waals surface area contributed by atoms with E-state index in [0.29, 0.717) is 16.8 Å². The molecule has 5 heteroatoms. The number of hydrogen-bond donors (Lipinski definition) is 0.